The number of aliphatic hydroxyl groups is 1. The maximum atomic E-state index is 11.9. The van der Waals surface area contributed by atoms with Gasteiger partial charge in [-0.3, -0.25) is 9.59 Å². The van der Waals surface area contributed by atoms with E-state index >= 15 is 0 Å². The first-order valence-electron chi connectivity index (χ1n) is 8.08. The van der Waals surface area contributed by atoms with Crippen molar-refractivity contribution in [2.45, 2.75) is 20.0 Å². The lowest BCUT2D eigenvalue weighted by molar-refractivity contribution is 0.108. The van der Waals surface area contributed by atoms with Crippen LogP contribution < -0.4 is 5.56 Å². The van der Waals surface area contributed by atoms with Crippen LogP contribution in [0.25, 0.3) is 10.9 Å². The molecule has 1 heterocycles. The highest BCUT2D eigenvalue weighted by molar-refractivity contribution is 8.14. The smallest absolute Gasteiger partial charge is 0.251 e. The van der Waals surface area contributed by atoms with Crippen molar-refractivity contribution >= 4 is 27.8 Å². The zero-order valence-corrected chi connectivity index (χ0v) is 14.9. The Morgan fingerprint density at radius 3 is 2.48 bits per heavy atom. The largest absolute Gasteiger partial charge is 0.384 e. The molecule has 0 aliphatic heterocycles. The maximum Gasteiger partial charge on any atom is 0.251 e. The number of hydrogen-bond donors (Lipinski definition) is 2. The Labute approximate surface area is 149 Å². The van der Waals surface area contributed by atoms with Crippen molar-refractivity contribution in [2.75, 3.05) is 5.75 Å². The highest BCUT2D eigenvalue weighted by Gasteiger charge is 2.13. The number of hydrogen-bond acceptors (Lipinski definition) is 4. The minimum Gasteiger partial charge on any atom is -0.384 e. The first kappa shape index (κ1) is 17.5. The molecule has 0 aliphatic rings. The van der Waals surface area contributed by atoms with Gasteiger partial charge in [0.15, 0.2) is 0 Å². The van der Waals surface area contributed by atoms with E-state index in [1.54, 1.807) is 43.3 Å². The van der Waals surface area contributed by atoms with Crippen molar-refractivity contribution in [2.24, 2.45) is 0 Å². The molecule has 0 radical (unpaired) electrons. The molecular formula is C20H19NO3S. The van der Waals surface area contributed by atoms with Crippen molar-refractivity contribution in [3.63, 3.8) is 0 Å². The summed E-state index contributed by atoms with van der Waals surface area (Å²) >= 11 is 1.27. The predicted molar refractivity (Wildman–Crippen MR) is 102 cm³/mol. The quantitative estimate of drug-likeness (QED) is 0.748. The molecule has 3 aromatic rings. The third-order valence-corrected chi connectivity index (χ3v) is 4.89. The lowest BCUT2D eigenvalue weighted by Gasteiger charge is -2.13. The van der Waals surface area contributed by atoms with Gasteiger partial charge in [0.2, 0.25) is 5.12 Å². The first-order valence-corrected chi connectivity index (χ1v) is 9.07. The van der Waals surface area contributed by atoms with Gasteiger partial charge in [-0.1, -0.05) is 49.0 Å². The van der Waals surface area contributed by atoms with Crippen LogP contribution in [0.4, 0.5) is 0 Å². The molecule has 2 N–H and O–H groups in total. The molecule has 1 unspecified atom stereocenters. The molecule has 5 heteroatoms. The highest BCUT2D eigenvalue weighted by atomic mass is 32.2. The summed E-state index contributed by atoms with van der Waals surface area (Å²) in [7, 11) is 0. The molecule has 0 amide bonds. The second kappa shape index (κ2) is 7.25. The number of H-pyrrole nitrogens is 1. The van der Waals surface area contributed by atoms with Crippen molar-refractivity contribution in [1.82, 2.24) is 4.98 Å². The van der Waals surface area contributed by atoms with Gasteiger partial charge in [-0.05, 0) is 47.4 Å². The fourth-order valence-corrected chi connectivity index (χ4v) is 3.28. The fraction of sp³-hybridized carbons (Fsp3) is 0.200. The van der Waals surface area contributed by atoms with Gasteiger partial charge in [-0.15, -0.1) is 0 Å². The van der Waals surface area contributed by atoms with Crippen LogP contribution in [-0.4, -0.2) is 21.0 Å². The number of aliphatic hydroxyl groups excluding tert-OH is 1. The molecule has 2 aromatic carbocycles. The lowest BCUT2D eigenvalue weighted by Crippen LogP contribution is -2.09. The number of carbonyl (C=O) groups excluding carboxylic acids is 1. The van der Waals surface area contributed by atoms with E-state index in [-0.39, 0.29) is 10.7 Å². The topological polar surface area (TPSA) is 70.2 Å². The van der Waals surface area contributed by atoms with Crippen molar-refractivity contribution in [3.8, 4) is 0 Å². The number of aromatic amines is 1. The molecule has 1 atom stereocenters. The number of aromatic nitrogens is 1. The molecule has 0 saturated carbocycles. The Morgan fingerprint density at radius 2 is 1.80 bits per heavy atom. The van der Waals surface area contributed by atoms with E-state index in [2.05, 4.69) is 4.98 Å². The lowest BCUT2D eigenvalue weighted by atomic mass is 9.99. The van der Waals surface area contributed by atoms with E-state index in [4.69, 9.17) is 0 Å². The molecule has 25 heavy (non-hydrogen) atoms. The van der Waals surface area contributed by atoms with Gasteiger partial charge in [-0.2, -0.15) is 0 Å². The normalized spacial score (nSPS) is 12.3. The minimum atomic E-state index is -0.792. The maximum absolute atomic E-state index is 11.9. The van der Waals surface area contributed by atoms with Gasteiger partial charge < -0.3 is 10.1 Å². The summed E-state index contributed by atoms with van der Waals surface area (Å²) in [5.41, 5.74) is 3.36. The van der Waals surface area contributed by atoms with E-state index in [0.717, 1.165) is 27.8 Å². The number of carbonyl (C=O) groups is 1. The van der Waals surface area contributed by atoms with Gasteiger partial charge >= 0.3 is 0 Å². The zero-order chi connectivity index (χ0) is 18.0. The van der Waals surface area contributed by atoms with Crippen LogP contribution in [0.15, 0.2) is 53.3 Å². The molecular weight excluding hydrogens is 334 g/mol. The highest BCUT2D eigenvalue weighted by Crippen LogP contribution is 2.25. The van der Waals surface area contributed by atoms with Gasteiger partial charge in [0.25, 0.3) is 5.56 Å². The average Bonchev–Trinajstić information content (AvgIpc) is 2.62. The van der Waals surface area contributed by atoms with E-state index in [1.165, 1.54) is 11.8 Å². The number of fused-ring (bicyclic) bond motifs is 1. The van der Waals surface area contributed by atoms with E-state index in [9.17, 15) is 14.7 Å². The van der Waals surface area contributed by atoms with Crippen LogP contribution in [0.5, 0.6) is 0 Å². The molecule has 4 nitrogen and oxygen atoms in total. The standard InChI is InChI=1S/C20H19NO3S/c1-3-25-20(24)14-6-4-13(5-7-14)18(22)15-8-9-17-16(11-15)10-12(2)19(23)21-17/h4-11,18,22H,3H2,1-2H3,(H,21,23). The number of thioether (sulfide) groups is 1. The van der Waals surface area contributed by atoms with Crippen LogP contribution in [-0.2, 0) is 0 Å². The van der Waals surface area contributed by atoms with Gasteiger partial charge in [0.05, 0.1) is 0 Å². The summed E-state index contributed by atoms with van der Waals surface area (Å²) in [6.45, 7) is 3.70. The Bertz CT molecular complexity index is 976. The van der Waals surface area contributed by atoms with E-state index in [1.807, 2.05) is 19.1 Å². The van der Waals surface area contributed by atoms with Crippen LogP contribution in [0, 0.1) is 6.92 Å². The summed E-state index contributed by atoms with van der Waals surface area (Å²) in [6, 6.07) is 14.3. The van der Waals surface area contributed by atoms with Gasteiger partial charge in [-0.25, -0.2) is 0 Å². The van der Waals surface area contributed by atoms with Crippen LogP contribution in [0.3, 0.4) is 0 Å². The zero-order valence-electron chi connectivity index (χ0n) is 14.1. The first-order chi connectivity index (χ1) is 12.0. The van der Waals surface area contributed by atoms with Crippen LogP contribution in [0.2, 0.25) is 0 Å². The molecule has 0 spiro atoms. The molecule has 0 saturated heterocycles. The van der Waals surface area contributed by atoms with Gasteiger partial charge in [0, 0.05) is 16.6 Å². The molecule has 0 bridgehead atoms. The summed E-state index contributed by atoms with van der Waals surface area (Å²) in [5, 5.41) is 11.6. The van der Waals surface area contributed by atoms with E-state index in [0.29, 0.717) is 11.1 Å². The second-order valence-corrected chi connectivity index (χ2v) is 7.11. The number of rotatable bonds is 4. The van der Waals surface area contributed by atoms with Crippen LogP contribution >= 0.6 is 11.8 Å². The van der Waals surface area contributed by atoms with Crippen molar-refractivity contribution in [3.05, 3.63) is 81.1 Å². The monoisotopic (exact) mass is 353 g/mol. The SMILES string of the molecule is CCSC(=O)c1ccc(C(O)c2ccc3[nH]c(=O)c(C)cc3c2)cc1. The Kier molecular flexibility index (Phi) is 5.06. The molecule has 1 aromatic heterocycles. The number of nitrogens with one attached hydrogen (secondary N) is 1. The molecule has 3 rings (SSSR count). The third-order valence-electron chi connectivity index (χ3n) is 4.11. The average molecular weight is 353 g/mol. The summed E-state index contributed by atoms with van der Waals surface area (Å²) in [6.07, 6.45) is -0.792. The second-order valence-electron chi connectivity index (χ2n) is 5.87. The van der Waals surface area contributed by atoms with Crippen molar-refractivity contribution in [1.29, 1.82) is 0 Å². The van der Waals surface area contributed by atoms with Gasteiger partial charge in [0.1, 0.15) is 6.10 Å². The fourth-order valence-electron chi connectivity index (χ4n) is 2.71. The summed E-state index contributed by atoms with van der Waals surface area (Å²) in [5.74, 6) is 0.738. The molecule has 0 fully saturated rings. The summed E-state index contributed by atoms with van der Waals surface area (Å²) in [4.78, 5) is 26.4. The Hall–Kier alpha value is -2.37. The molecule has 0 aliphatic carbocycles. The number of pyridine rings is 1. The Balaban J connectivity index is 1.91. The molecule has 128 valence electrons. The van der Waals surface area contributed by atoms with Crippen LogP contribution in [0.1, 0.15) is 40.1 Å². The number of aryl methyl sites for hydroxylation is 1. The minimum absolute atomic E-state index is 0.0358. The summed E-state index contributed by atoms with van der Waals surface area (Å²) < 4.78 is 0. The third kappa shape index (κ3) is 3.67. The number of benzene rings is 2. The Morgan fingerprint density at radius 1 is 1.12 bits per heavy atom. The van der Waals surface area contributed by atoms with E-state index < -0.39 is 6.10 Å². The predicted octanol–water partition coefficient (Wildman–Crippen LogP) is 3.81. The van der Waals surface area contributed by atoms with Crippen molar-refractivity contribution < 1.29 is 9.90 Å².